The second-order valence-electron chi connectivity index (χ2n) is 3.09. The molecular formula is C10H13N3O2. The summed E-state index contributed by atoms with van der Waals surface area (Å²) >= 11 is 0. The van der Waals surface area contributed by atoms with Crippen molar-refractivity contribution in [3.8, 4) is 0 Å². The Balaban J connectivity index is 2.90. The van der Waals surface area contributed by atoms with Crippen molar-refractivity contribution in [2.45, 2.75) is 13.3 Å². The molecule has 0 fully saturated rings. The van der Waals surface area contributed by atoms with E-state index in [9.17, 15) is 10.1 Å². The number of aromatic nitrogens is 1. The van der Waals surface area contributed by atoms with E-state index in [-0.39, 0.29) is 5.69 Å². The van der Waals surface area contributed by atoms with Crippen molar-refractivity contribution >= 4 is 11.5 Å². The highest BCUT2D eigenvalue weighted by molar-refractivity contribution is 5.59. The Morgan fingerprint density at radius 1 is 1.73 bits per heavy atom. The summed E-state index contributed by atoms with van der Waals surface area (Å²) in [5.41, 5.74) is 0.651. The van der Waals surface area contributed by atoms with Gasteiger partial charge in [-0.05, 0) is 19.4 Å². The molecule has 0 aliphatic carbocycles. The van der Waals surface area contributed by atoms with Gasteiger partial charge in [-0.3, -0.25) is 10.1 Å². The summed E-state index contributed by atoms with van der Waals surface area (Å²) in [6, 6.07) is 1.62. The Morgan fingerprint density at radius 2 is 2.47 bits per heavy atom. The van der Waals surface area contributed by atoms with E-state index in [1.54, 1.807) is 25.3 Å². The first-order valence-corrected chi connectivity index (χ1v) is 4.61. The van der Waals surface area contributed by atoms with Gasteiger partial charge in [-0.15, -0.1) is 6.58 Å². The number of nitrogens with one attached hydrogen (secondary N) is 1. The molecule has 1 aromatic rings. The highest BCUT2D eigenvalue weighted by Gasteiger charge is 2.17. The Morgan fingerprint density at radius 3 is 3.07 bits per heavy atom. The molecule has 0 aromatic carbocycles. The van der Waals surface area contributed by atoms with Gasteiger partial charge in [0, 0.05) is 18.3 Å². The Kier molecular flexibility index (Phi) is 3.79. The van der Waals surface area contributed by atoms with Crippen molar-refractivity contribution < 1.29 is 4.92 Å². The number of hydrogen-bond donors (Lipinski definition) is 1. The molecule has 5 nitrogen and oxygen atoms in total. The van der Waals surface area contributed by atoms with Gasteiger partial charge in [-0.2, -0.15) is 0 Å². The number of nitrogens with zero attached hydrogens (tertiary/aromatic N) is 2. The monoisotopic (exact) mass is 207 g/mol. The number of hydrogen-bond acceptors (Lipinski definition) is 4. The second kappa shape index (κ2) is 5.09. The number of rotatable bonds is 5. The van der Waals surface area contributed by atoms with Gasteiger partial charge in [0.25, 0.3) is 0 Å². The number of aryl methyl sites for hydroxylation is 1. The third-order valence-corrected chi connectivity index (χ3v) is 1.95. The zero-order chi connectivity index (χ0) is 11.3. The molecule has 0 amide bonds. The maximum Gasteiger partial charge on any atom is 0.314 e. The van der Waals surface area contributed by atoms with Gasteiger partial charge >= 0.3 is 5.69 Å². The van der Waals surface area contributed by atoms with E-state index in [4.69, 9.17) is 0 Å². The summed E-state index contributed by atoms with van der Waals surface area (Å²) in [7, 11) is 0. The zero-order valence-corrected chi connectivity index (χ0v) is 8.56. The molecule has 1 N–H and O–H groups in total. The van der Waals surface area contributed by atoms with Gasteiger partial charge in [0.1, 0.15) is 0 Å². The number of anilines is 1. The van der Waals surface area contributed by atoms with E-state index < -0.39 is 4.92 Å². The van der Waals surface area contributed by atoms with Crippen LogP contribution in [0.4, 0.5) is 11.5 Å². The minimum Gasteiger partial charge on any atom is -0.364 e. The molecule has 0 aliphatic heterocycles. The average molecular weight is 207 g/mol. The fourth-order valence-electron chi connectivity index (χ4n) is 1.20. The molecule has 5 heteroatoms. The molecule has 1 heterocycles. The fourth-order valence-corrected chi connectivity index (χ4v) is 1.20. The fraction of sp³-hybridized carbons (Fsp3) is 0.300. The lowest BCUT2D eigenvalue weighted by Gasteiger charge is -2.05. The summed E-state index contributed by atoms with van der Waals surface area (Å²) in [6.45, 7) is 5.86. The third-order valence-electron chi connectivity index (χ3n) is 1.95. The van der Waals surface area contributed by atoms with E-state index in [0.29, 0.717) is 17.9 Å². The van der Waals surface area contributed by atoms with Gasteiger partial charge in [0.15, 0.2) is 0 Å². The first-order valence-electron chi connectivity index (χ1n) is 4.61. The van der Waals surface area contributed by atoms with E-state index in [0.717, 1.165) is 6.42 Å². The normalized spacial score (nSPS) is 9.67. The smallest absolute Gasteiger partial charge is 0.314 e. The maximum atomic E-state index is 10.8. The molecule has 0 radical (unpaired) electrons. The molecule has 0 saturated heterocycles. The van der Waals surface area contributed by atoms with Gasteiger partial charge < -0.3 is 5.32 Å². The van der Waals surface area contributed by atoms with Crippen LogP contribution in [-0.2, 0) is 0 Å². The maximum absolute atomic E-state index is 10.8. The van der Waals surface area contributed by atoms with Crippen molar-refractivity contribution in [1.29, 1.82) is 0 Å². The zero-order valence-electron chi connectivity index (χ0n) is 8.56. The minimum atomic E-state index is -0.418. The standard InChI is InChI=1S/C10H13N3O2/c1-3-4-6-11-10-9(13(14)15)8(2)5-7-12-10/h3,5,7H,1,4,6H2,2H3,(H,11,12). The summed E-state index contributed by atoms with van der Waals surface area (Å²) in [4.78, 5) is 14.3. The van der Waals surface area contributed by atoms with Crippen LogP contribution >= 0.6 is 0 Å². The Hall–Kier alpha value is -1.91. The van der Waals surface area contributed by atoms with Crippen molar-refractivity contribution in [2.24, 2.45) is 0 Å². The van der Waals surface area contributed by atoms with Crippen molar-refractivity contribution in [2.75, 3.05) is 11.9 Å². The second-order valence-corrected chi connectivity index (χ2v) is 3.09. The molecule has 0 unspecified atom stereocenters. The number of nitro groups is 1. The predicted molar refractivity (Wildman–Crippen MR) is 58.9 cm³/mol. The molecule has 0 saturated carbocycles. The van der Waals surface area contributed by atoms with E-state index in [1.807, 2.05) is 0 Å². The van der Waals surface area contributed by atoms with Crippen LogP contribution in [-0.4, -0.2) is 16.5 Å². The highest BCUT2D eigenvalue weighted by atomic mass is 16.6. The third kappa shape index (κ3) is 2.77. The topological polar surface area (TPSA) is 68.1 Å². The lowest BCUT2D eigenvalue weighted by atomic mass is 10.2. The van der Waals surface area contributed by atoms with E-state index >= 15 is 0 Å². The molecular weight excluding hydrogens is 194 g/mol. The summed E-state index contributed by atoms with van der Waals surface area (Å²) in [6.07, 6.45) is 4.04. The first kappa shape index (κ1) is 11.2. The van der Waals surface area contributed by atoms with E-state index in [1.165, 1.54) is 0 Å². The van der Waals surface area contributed by atoms with Gasteiger partial charge in [-0.25, -0.2) is 4.98 Å². The van der Waals surface area contributed by atoms with Gasteiger partial charge in [0.2, 0.25) is 5.82 Å². The van der Waals surface area contributed by atoms with Crippen molar-refractivity contribution in [1.82, 2.24) is 4.98 Å². The van der Waals surface area contributed by atoms with E-state index in [2.05, 4.69) is 16.9 Å². The lowest BCUT2D eigenvalue weighted by molar-refractivity contribution is -0.384. The quantitative estimate of drug-likeness (QED) is 0.348. The predicted octanol–water partition coefficient (Wildman–Crippen LogP) is 2.29. The summed E-state index contributed by atoms with van der Waals surface area (Å²) in [5.74, 6) is 0.321. The molecule has 0 bridgehead atoms. The molecule has 1 rings (SSSR count). The average Bonchev–Trinajstić information content (AvgIpc) is 2.17. The van der Waals surface area contributed by atoms with Crippen LogP contribution in [0.25, 0.3) is 0 Å². The summed E-state index contributed by atoms with van der Waals surface area (Å²) < 4.78 is 0. The molecule has 1 aromatic heterocycles. The SMILES string of the molecule is C=CCCNc1nccc(C)c1[N+](=O)[O-]. The van der Waals surface area contributed by atoms with Crippen molar-refractivity contribution in [3.05, 3.63) is 40.6 Å². The number of pyridine rings is 1. The van der Waals surface area contributed by atoms with Crippen LogP contribution < -0.4 is 5.32 Å². The Labute approximate surface area is 88.0 Å². The van der Waals surface area contributed by atoms with Crippen LogP contribution in [0.5, 0.6) is 0 Å². The largest absolute Gasteiger partial charge is 0.364 e. The summed E-state index contributed by atoms with van der Waals surface area (Å²) in [5, 5.41) is 13.7. The minimum absolute atomic E-state index is 0.0431. The van der Waals surface area contributed by atoms with Crippen LogP contribution in [0.1, 0.15) is 12.0 Å². The van der Waals surface area contributed by atoms with Crippen LogP contribution in [0, 0.1) is 17.0 Å². The molecule has 0 atom stereocenters. The van der Waals surface area contributed by atoms with Gasteiger partial charge in [0.05, 0.1) is 4.92 Å². The lowest BCUT2D eigenvalue weighted by Crippen LogP contribution is -2.06. The first-order chi connectivity index (χ1) is 7.16. The van der Waals surface area contributed by atoms with Crippen LogP contribution in [0.3, 0.4) is 0 Å². The molecule has 0 aliphatic rings. The molecule has 80 valence electrons. The van der Waals surface area contributed by atoms with Crippen molar-refractivity contribution in [3.63, 3.8) is 0 Å². The molecule has 0 spiro atoms. The van der Waals surface area contributed by atoms with Crippen LogP contribution in [0.15, 0.2) is 24.9 Å². The van der Waals surface area contributed by atoms with Gasteiger partial charge in [-0.1, -0.05) is 6.08 Å². The highest BCUT2D eigenvalue weighted by Crippen LogP contribution is 2.25. The van der Waals surface area contributed by atoms with Crippen LogP contribution in [0.2, 0.25) is 0 Å². The molecule has 15 heavy (non-hydrogen) atoms. The Bertz CT molecular complexity index is 377.